The Bertz CT molecular complexity index is 915. The van der Waals surface area contributed by atoms with Crippen LogP contribution in [0.4, 0.5) is 0 Å². The molecule has 1 fully saturated rings. The molecule has 154 valence electrons. The summed E-state index contributed by atoms with van der Waals surface area (Å²) in [5.41, 5.74) is 1.72. The summed E-state index contributed by atoms with van der Waals surface area (Å²) in [6.45, 7) is 5.66. The fraction of sp³-hybridized carbons (Fsp3) is 0.476. The van der Waals surface area contributed by atoms with Crippen LogP contribution in [0.5, 0.6) is 0 Å². The van der Waals surface area contributed by atoms with Crippen molar-refractivity contribution in [2.24, 2.45) is 11.8 Å². The van der Waals surface area contributed by atoms with Crippen molar-refractivity contribution in [1.29, 1.82) is 0 Å². The predicted molar refractivity (Wildman–Crippen MR) is 102 cm³/mol. The lowest BCUT2D eigenvalue weighted by atomic mass is 9.85. The Labute approximate surface area is 168 Å². The number of nitrogens with zero attached hydrogens (tertiary/aromatic N) is 1. The van der Waals surface area contributed by atoms with Gasteiger partial charge in [0.05, 0.1) is 17.5 Å². The monoisotopic (exact) mass is 400 g/mol. The van der Waals surface area contributed by atoms with Gasteiger partial charge in [0.2, 0.25) is 17.6 Å². The number of rotatable bonds is 6. The summed E-state index contributed by atoms with van der Waals surface area (Å²) in [4.78, 5) is 65.4. The number of ether oxygens (including phenoxy) is 1. The molecule has 1 saturated heterocycles. The highest BCUT2D eigenvalue weighted by Crippen LogP contribution is 2.34. The van der Waals surface area contributed by atoms with E-state index in [1.807, 2.05) is 12.2 Å². The van der Waals surface area contributed by atoms with Crippen molar-refractivity contribution in [2.75, 3.05) is 6.54 Å². The van der Waals surface area contributed by atoms with Gasteiger partial charge in [-0.05, 0) is 46.1 Å². The Morgan fingerprint density at radius 2 is 1.69 bits per heavy atom. The third-order valence-electron chi connectivity index (χ3n) is 5.60. The normalized spacial score (nSPS) is 21.9. The van der Waals surface area contributed by atoms with Crippen LogP contribution in [0.3, 0.4) is 0 Å². The Balaban J connectivity index is 1.66. The first-order chi connectivity index (χ1) is 13.6. The molecule has 3 rings (SSSR count). The van der Waals surface area contributed by atoms with Gasteiger partial charge in [-0.2, -0.15) is 0 Å². The van der Waals surface area contributed by atoms with Crippen molar-refractivity contribution in [3.63, 3.8) is 0 Å². The number of hydrogen-bond donors (Lipinski definition) is 1. The number of esters is 1. The number of likely N-dealkylation sites (tertiary alicyclic amines) is 1. The summed E-state index contributed by atoms with van der Waals surface area (Å²) in [6.07, 6.45) is 3.57. The van der Waals surface area contributed by atoms with E-state index in [1.54, 1.807) is 13.8 Å². The molecule has 0 unspecified atom stereocenters. The van der Waals surface area contributed by atoms with E-state index >= 15 is 0 Å². The van der Waals surface area contributed by atoms with E-state index < -0.39 is 36.2 Å². The van der Waals surface area contributed by atoms with Crippen molar-refractivity contribution in [2.45, 2.75) is 46.6 Å². The molecule has 1 aliphatic heterocycles. The largest absolute Gasteiger partial charge is 0.453 e. The molecule has 0 saturated carbocycles. The molecule has 1 aliphatic carbocycles. The van der Waals surface area contributed by atoms with Crippen LogP contribution in [0, 0.1) is 25.7 Å². The Morgan fingerprint density at radius 1 is 1.14 bits per heavy atom. The number of aryl methyl sites for hydroxylation is 1. The smallest absolute Gasteiger partial charge is 0.326 e. The number of ketones is 2. The molecule has 0 spiro atoms. The lowest BCUT2D eigenvalue weighted by Crippen LogP contribution is -2.38. The zero-order valence-corrected chi connectivity index (χ0v) is 16.9. The molecular formula is C21H24N2O6. The first kappa shape index (κ1) is 20.7. The molecule has 0 bridgehead atoms. The summed E-state index contributed by atoms with van der Waals surface area (Å²) < 4.78 is 5.19. The molecule has 1 N–H and O–H groups in total. The van der Waals surface area contributed by atoms with Crippen molar-refractivity contribution >= 4 is 29.4 Å². The molecule has 2 aliphatic rings. The van der Waals surface area contributed by atoms with Gasteiger partial charge in [0.25, 0.3) is 0 Å². The first-order valence-electron chi connectivity index (χ1n) is 9.57. The number of imide groups is 1. The first-order valence-corrected chi connectivity index (χ1v) is 9.57. The number of aromatic nitrogens is 1. The Hall–Kier alpha value is -3.03. The number of allylic oxidation sites excluding steroid dienone is 2. The number of Topliss-reactive ketones (excluding diaryl/α,β-unsaturated/α-hetero) is 2. The quantitative estimate of drug-likeness (QED) is 0.338. The number of nitrogens with one attached hydrogen (secondary N) is 1. The number of carbonyl (C=O) groups excluding carboxylic acids is 5. The highest BCUT2D eigenvalue weighted by molar-refractivity contribution is 6.08. The molecule has 1 aromatic heterocycles. The average Bonchev–Trinajstić information content (AvgIpc) is 3.09. The fourth-order valence-corrected chi connectivity index (χ4v) is 4.17. The van der Waals surface area contributed by atoms with Crippen molar-refractivity contribution in [3.8, 4) is 0 Å². The predicted octanol–water partition coefficient (Wildman–Crippen LogP) is 1.90. The van der Waals surface area contributed by atoms with Gasteiger partial charge >= 0.3 is 5.97 Å². The summed E-state index contributed by atoms with van der Waals surface area (Å²) in [5.74, 6) is -3.07. The SMILES string of the molecule is CC(=O)c1c(C)[nH]c(C(=O)[C@H](C)OC(=O)CN2C(=O)[C@H]3CC=CC[C@@H]3C2=O)c1C. The molecule has 29 heavy (non-hydrogen) atoms. The average molecular weight is 400 g/mol. The maximum absolute atomic E-state index is 12.7. The molecule has 0 radical (unpaired) electrons. The molecular weight excluding hydrogens is 376 g/mol. The van der Waals surface area contributed by atoms with E-state index in [0.717, 1.165) is 4.90 Å². The maximum atomic E-state index is 12.7. The lowest BCUT2D eigenvalue weighted by Gasteiger charge is -2.16. The van der Waals surface area contributed by atoms with Crippen molar-refractivity contribution in [1.82, 2.24) is 9.88 Å². The Morgan fingerprint density at radius 3 is 2.17 bits per heavy atom. The summed E-state index contributed by atoms with van der Waals surface area (Å²) in [5, 5.41) is 0. The standard InChI is InChI=1S/C21H24N2O6/c1-10-17(12(3)24)11(2)22-18(10)19(26)13(4)29-16(25)9-23-20(27)14-7-5-6-8-15(14)21(23)28/h5-6,13-15,22H,7-9H2,1-4H3/t13-,14-,15-/m0/s1. The van der Waals surface area contributed by atoms with Gasteiger partial charge in [-0.3, -0.25) is 28.9 Å². The van der Waals surface area contributed by atoms with E-state index in [-0.39, 0.29) is 23.3 Å². The van der Waals surface area contributed by atoms with Gasteiger partial charge in [0.1, 0.15) is 6.54 Å². The van der Waals surface area contributed by atoms with Crippen LogP contribution in [0.1, 0.15) is 58.8 Å². The van der Waals surface area contributed by atoms with Gasteiger partial charge in [-0.25, -0.2) is 0 Å². The van der Waals surface area contributed by atoms with Crippen LogP contribution in [-0.4, -0.2) is 51.9 Å². The van der Waals surface area contributed by atoms with Gasteiger partial charge in [-0.1, -0.05) is 12.2 Å². The fourth-order valence-electron chi connectivity index (χ4n) is 4.17. The molecule has 3 atom stereocenters. The number of amides is 2. The minimum atomic E-state index is -1.13. The highest BCUT2D eigenvalue weighted by atomic mass is 16.5. The van der Waals surface area contributed by atoms with Gasteiger partial charge in [-0.15, -0.1) is 0 Å². The molecule has 0 aromatic carbocycles. The van der Waals surface area contributed by atoms with E-state index in [0.29, 0.717) is 29.7 Å². The van der Waals surface area contributed by atoms with Gasteiger partial charge < -0.3 is 9.72 Å². The van der Waals surface area contributed by atoms with Crippen LogP contribution in [0.25, 0.3) is 0 Å². The molecule has 8 nitrogen and oxygen atoms in total. The van der Waals surface area contributed by atoms with Crippen LogP contribution in [-0.2, 0) is 19.1 Å². The van der Waals surface area contributed by atoms with Gasteiger partial charge in [0, 0.05) is 11.3 Å². The minimum Gasteiger partial charge on any atom is -0.453 e. The van der Waals surface area contributed by atoms with E-state index in [4.69, 9.17) is 4.74 Å². The zero-order valence-electron chi connectivity index (χ0n) is 16.9. The molecule has 8 heteroatoms. The van der Waals surface area contributed by atoms with Crippen LogP contribution < -0.4 is 0 Å². The number of H-pyrrole nitrogens is 1. The van der Waals surface area contributed by atoms with Crippen LogP contribution >= 0.6 is 0 Å². The Kier molecular flexibility index (Phi) is 5.55. The topological polar surface area (TPSA) is 114 Å². The number of hydrogen-bond acceptors (Lipinski definition) is 6. The number of carbonyl (C=O) groups is 5. The maximum Gasteiger partial charge on any atom is 0.326 e. The highest BCUT2D eigenvalue weighted by Gasteiger charge is 2.48. The third kappa shape index (κ3) is 3.66. The van der Waals surface area contributed by atoms with Gasteiger partial charge in [0.15, 0.2) is 11.9 Å². The summed E-state index contributed by atoms with van der Waals surface area (Å²) in [7, 11) is 0. The zero-order chi connectivity index (χ0) is 21.5. The second-order valence-electron chi connectivity index (χ2n) is 7.60. The number of fused-ring (bicyclic) bond motifs is 1. The van der Waals surface area contributed by atoms with E-state index in [9.17, 15) is 24.0 Å². The third-order valence-corrected chi connectivity index (χ3v) is 5.60. The second-order valence-corrected chi connectivity index (χ2v) is 7.60. The van der Waals surface area contributed by atoms with E-state index in [2.05, 4.69) is 4.98 Å². The summed E-state index contributed by atoms with van der Waals surface area (Å²) >= 11 is 0. The van der Waals surface area contributed by atoms with Crippen LogP contribution in [0.2, 0.25) is 0 Å². The minimum absolute atomic E-state index is 0.165. The van der Waals surface area contributed by atoms with Crippen molar-refractivity contribution in [3.05, 3.63) is 34.7 Å². The van der Waals surface area contributed by atoms with E-state index in [1.165, 1.54) is 13.8 Å². The second kappa shape index (κ2) is 7.77. The van der Waals surface area contributed by atoms with Crippen LogP contribution in [0.15, 0.2) is 12.2 Å². The number of aromatic amines is 1. The molecule has 1 aromatic rings. The molecule has 2 amide bonds. The lowest BCUT2D eigenvalue weighted by molar-refractivity contribution is -0.154. The van der Waals surface area contributed by atoms with Crippen molar-refractivity contribution < 1.29 is 28.7 Å². The molecule has 2 heterocycles. The summed E-state index contributed by atoms with van der Waals surface area (Å²) in [6, 6.07) is 0.